The second-order valence-corrected chi connectivity index (χ2v) is 11.5. The van der Waals surface area contributed by atoms with Crippen molar-refractivity contribution in [2.75, 3.05) is 13.7 Å². The number of thiazole rings is 1. The second kappa shape index (κ2) is 13.4. The molecule has 5 rings (SSSR count). The highest BCUT2D eigenvalue weighted by Gasteiger charge is 2.33. The summed E-state index contributed by atoms with van der Waals surface area (Å²) in [5.41, 5.74) is 2.67. The number of halogens is 1. The van der Waals surface area contributed by atoms with Gasteiger partial charge in [-0.1, -0.05) is 60.7 Å². The van der Waals surface area contributed by atoms with Crippen LogP contribution in [-0.2, 0) is 16.1 Å². The first-order valence-corrected chi connectivity index (χ1v) is 15.4. The number of allylic oxidation sites excluding steroid dienone is 1. The molecule has 44 heavy (non-hydrogen) atoms. The maximum atomic E-state index is 13.9. The molecule has 0 amide bonds. The van der Waals surface area contributed by atoms with E-state index < -0.39 is 16.9 Å². The van der Waals surface area contributed by atoms with Crippen LogP contribution in [0.1, 0.15) is 43.0 Å². The van der Waals surface area contributed by atoms with E-state index in [0.29, 0.717) is 60.7 Å². The van der Waals surface area contributed by atoms with Gasteiger partial charge in [0, 0.05) is 12.1 Å². The quantitative estimate of drug-likeness (QED) is 0.124. The number of benzene rings is 3. The van der Waals surface area contributed by atoms with Crippen LogP contribution in [0, 0.1) is 10.1 Å². The molecule has 1 aromatic heterocycles. The van der Waals surface area contributed by atoms with Crippen LogP contribution in [0.4, 0.5) is 5.69 Å². The van der Waals surface area contributed by atoms with Crippen LogP contribution in [0.15, 0.2) is 92.3 Å². The monoisotopic (exact) mass is 677 g/mol. The number of hydrogen-bond acceptors (Lipinski definition) is 9. The minimum atomic E-state index is -0.688. The van der Waals surface area contributed by atoms with Crippen LogP contribution >= 0.6 is 27.3 Å². The Bertz CT molecular complexity index is 1950. The average Bonchev–Trinajstić information content (AvgIpc) is 3.33. The zero-order chi connectivity index (χ0) is 31.4. The van der Waals surface area contributed by atoms with E-state index in [2.05, 4.69) is 15.9 Å². The van der Waals surface area contributed by atoms with Crippen molar-refractivity contribution < 1.29 is 23.9 Å². The van der Waals surface area contributed by atoms with E-state index in [4.69, 9.17) is 19.2 Å². The summed E-state index contributed by atoms with van der Waals surface area (Å²) in [6.45, 7) is 4.20. The van der Waals surface area contributed by atoms with Gasteiger partial charge in [-0.25, -0.2) is 9.79 Å². The van der Waals surface area contributed by atoms with Crippen LogP contribution in [-0.4, -0.2) is 29.2 Å². The number of carbonyl (C=O) groups excluding carboxylic acids is 1. The van der Waals surface area contributed by atoms with Crippen molar-refractivity contribution in [2.24, 2.45) is 4.99 Å². The van der Waals surface area contributed by atoms with E-state index in [1.807, 2.05) is 44.2 Å². The number of nitro benzene ring substituents is 1. The Labute approximate surface area is 264 Å². The summed E-state index contributed by atoms with van der Waals surface area (Å²) in [4.78, 5) is 42.8. The molecule has 4 aromatic rings. The molecule has 1 aliphatic rings. The van der Waals surface area contributed by atoms with Gasteiger partial charge in [-0.2, -0.15) is 0 Å². The zero-order valence-corrected chi connectivity index (χ0v) is 26.5. The van der Waals surface area contributed by atoms with Crippen molar-refractivity contribution in [3.8, 4) is 11.5 Å². The number of ether oxygens (including phenoxy) is 3. The smallest absolute Gasteiger partial charge is 0.338 e. The van der Waals surface area contributed by atoms with Gasteiger partial charge in [0.1, 0.15) is 6.61 Å². The summed E-state index contributed by atoms with van der Waals surface area (Å²) in [6, 6.07) is 18.5. The van der Waals surface area contributed by atoms with E-state index in [0.717, 1.165) is 5.56 Å². The van der Waals surface area contributed by atoms with Crippen LogP contribution in [0.5, 0.6) is 11.5 Å². The lowest BCUT2D eigenvalue weighted by atomic mass is 9.95. The number of methoxy groups -OCH3 is 1. The fourth-order valence-electron chi connectivity index (χ4n) is 4.96. The number of non-ortho nitro benzene ring substituents is 1. The van der Waals surface area contributed by atoms with Gasteiger partial charge < -0.3 is 14.2 Å². The first-order valence-electron chi connectivity index (χ1n) is 13.8. The third-order valence-electron chi connectivity index (χ3n) is 6.90. The van der Waals surface area contributed by atoms with E-state index in [1.165, 1.54) is 30.6 Å². The highest BCUT2D eigenvalue weighted by Crippen LogP contribution is 2.38. The van der Waals surface area contributed by atoms with Crippen LogP contribution in [0.25, 0.3) is 6.08 Å². The summed E-state index contributed by atoms with van der Waals surface area (Å²) in [5, 5.41) is 11.2. The molecule has 10 nitrogen and oxygen atoms in total. The predicted octanol–water partition coefficient (Wildman–Crippen LogP) is 5.45. The molecule has 0 radical (unpaired) electrons. The number of carbonyl (C=O) groups is 1. The topological polar surface area (TPSA) is 122 Å². The first-order chi connectivity index (χ1) is 21.2. The Balaban J connectivity index is 1.57. The molecular formula is C32H28BrN3O7S. The molecule has 0 spiro atoms. The standard InChI is InChI=1S/C32H28BrN3O7S/c1-4-24-27(31(38)41-3)28(21-11-7-6-8-12-21)35-30(37)26(44-32(35)34-24)17-20-15-23(33)29(25(16-20)42-5-2)43-18-19-10-9-13-22(14-19)36(39)40/h6-17,28H,4-5,18H2,1-3H3/b26-17-/t28-/m0/s1. The third-order valence-corrected chi connectivity index (χ3v) is 8.47. The summed E-state index contributed by atoms with van der Waals surface area (Å²) in [5.74, 6) is 0.339. The molecular weight excluding hydrogens is 650 g/mol. The van der Waals surface area contributed by atoms with Crippen LogP contribution < -0.4 is 24.4 Å². The Kier molecular flexibility index (Phi) is 9.40. The van der Waals surface area contributed by atoms with E-state index in [1.54, 1.807) is 34.9 Å². The fraction of sp³-hybridized carbons (Fsp3) is 0.219. The van der Waals surface area contributed by atoms with E-state index in [9.17, 15) is 19.7 Å². The Morgan fingerprint density at radius 2 is 1.89 bits per heavy atom. The molecule has 2 heterocycles. The van der Waals surface area contributed by atoms with Crippen molar-refractivity contribution in [1.82, 2.24) is 4.57 Å². The lowest BCUT2D eigenvalue weighted by molar-refractivity contribution is -0.384. The first kappa shape index (κ1) is 30.9. The summed E-state index contributed by atoms with van der Waals surface area (Å²) >= 11 is 4.80. The molecule has 0 N–H and O–H groups in total. The molecule has 0 saturated heterocycles. The summed E-state index contributed by atoms with van der Waals surface area (Å²) < 4.78 is 19.6. The van der Waals surface area contributed by atoms with Crippen molar-refractivity contribution in [3.63, 3.8) is 0 Å². The molecule has 226 valence electrons. The Morgan fingerprint density at radius 1 is 1.11 bits per heavy atom. The van der Waals surface area contributed by atoms with Gasteiger partial charge in [0.15, 0.2) is 16.3 Å². The molecule has 0 unspecified atom stereocenters. The van der Waals surface area contributed by atoms with Gasteiger partial charge in [-0.05, 0) is 64.2 Å². The Morgan fingerprint density at radius 3 is 2.57 bits per heavy atom. The lowest BCUT2D eigenvalue weighted by Gasteiger charge is -2.25. The van der Waals surface area contributed by atoms with E-state index >= 15 is 0 Å². The molecule has 3 aromatic carbocycles. The SMILES string of the molecule is CCOc1cc(/C=c2\sc3n(c2=O)[C@@H](c2ccccc2)C(C(=O)OC)=C(CC)N=3)cc(Br)c1OCc1cccc([N+](=O)[O-])c1. The number of aromatic nitrogens is 1. The third kappa shape index (κ3) is 6.22. The van der Waals surface area contributed by atoms with Crippen molar-refractivity contribution in [2.45, 2.75) is 32.9 Å². The van der Waals surface area contributed by atoms with Gasteiger partial charge in [-0.15, -0.1) is 0 Å². The summed E-state index contributed by atoms with van der Waals surface area (Å²) in [7, 11) is 1.32. The predicted molar refractivity (Wildman–Crippen MR) is 170 cm³/mol. The minimum Gasteiger partial charge on any atom is -0.490 e. The van der Waals surface area contributed by atoms with Gasteiger partial charge in [-0.3, -0.25) is 19.5 Å². The maximum absolute atomic E-state index is 13.9. The highest BCUT2D eigenvalue weighted by molar-refractivity contribution is 9.10. The molecule has 0 fully saturated rings. The van der Waals surface area contributed by atoms with Gasteiger partial charge >= 0.3 is 5.97 Å². The second-order valence-electron chi connectivity index (χ2n) is 9.68. The molecule has 0 bridgehead atoms. The number of fused-ring (bicyclic) bond motifs is 1. The molecule has 0 aliphatic carbocycles. The highest BCUT2D eigenvalue weighted by atomic mass is 79.9. The number of esters is 1. The minimum absolute atomic E-state index is 0.0220. The van der Waals surface area contributed by atoms with Gasteiger partial charge in [0.25, 0.3) is 11.2 Å². The van der Waals surface area contributed by atoms with Crippen molar-refractivity contribution in [1.29, 1.82) is 0 Å². The largest absolute Gasteiger partial charge is 0.490 e. The number of nitro groups is 1. The van der Waals surface area contributed by atoms with Crippen LogP contribution in [0.3, 0.4) is 0 Å². The van der Waals surface area contributed by atoms with Crippen molar-refractivity contribution >= 4 is 45.0 Å². The Hall–Kier alpha value is -4.55. The zero-order valence-electron chi connectivity index (χ0n) is 24.1. The normalized spacial score (nSPS) is 14.5. The molecule has 1 atom stereocenters. The lowest BCUT2D eigenvalue weighted by Crippen LogP contribution is -2.40. The molecule has 0 saturated carbocycles. The maximum Gasteiger partial charge on any atom is 0.338 e. The van der Waals surface area contributed by atoms with E-state index in [-0.39, 0.29) is 17.9 Å². The van der Waals surface area contributed by atoms with Crippen molar-refractivity contribution in [3.05, 3.63) is 129 Å². The van der Waals surface area contributed by atoms with Gasteiger partial charge in [0.05, 0.1) is 45.0 Å². The molecule has 1 aliphatic heterocycles. The average molecular weight is 679 g/mol. The van der Waals surface area contributed by atoms with Gasteiger partial charge in [0.2, 0.25) is 0 Å². The number of hydrogen-bond donors (Lipinski definition) is 0. The number of nitrogens with zero attached hydrogens (tertiary/aromatic N) is 3. The number of rotatable bonds is 10. The van der Waals surface area contributed by atoms with Crippen LogP contribution in [0.2, 0.25) is 0 Å². The fourth-order valence-corrected chi connectivity index (χ4v) is 6.55. The summed E-state index contributed by atoms with van der Waals surface area (Å²) in [6.07, 6.45) is 2.23. The molecule has 12 heteroatoms.